The minimum absolute atomic E-state index is 0.172. The molecule has 1 aliphatic carbocycles. The first-order valence-electron chi connectivity index (χ1n) is 8.70. The Morgan fingerprint density at radius 2 is 2.00 bits per heavy atom. The normalized spacial score (nSPS) is 24.9. The lowest BCUT2D eigenvalue weighted by Gasteiger charge is -2.31. The highest BCUT2D eigenvalue weighted by atomic mass is 16.6. The van der Waals surface area contributed by atoms with Gasteiger partial charge in [-0.2, -0.15) is 0 Å². The molecule has 0 saturated heterocycles. The largest absolute Gasteiger partial charge is 0.486 e. The Bertz CT molecular complexity index is 608. The van der Waals surface area contributed by atoms with Crippen molar-refractivity contribution in [3.63, 3.8) is 0 Å². The number of benzene rings is 1. The number of aliphatic imine (C=N–C) groups is 1. The summed E-state index contributed by atoms with van der Waals surface area (Å²) >= 11 is 0. The van der Waals surface area contributed by atoms with Crippen LogP contribution in [0.4, 0.5) is 0 Å². The monoisotopic (exact) mass is 315 g/mol. The number of fused-ring (bicyclic) bond motifs is 1. The van der Waals surface area contributed by atoms with Crippen LogP contribution in [0.5, 0.6) is 11.5 Å². The fraction of sp³-hybridized carbons (Fsp3) is 0.611. The molecule has 1 aromatic carbocycles. The van der Waals surface area contributed by atoms with Crippen LogP contribution in [0, 0.1) is 0 Å². The molecule has 0 aromatic heterocycles. The van der Waals surface area contributed by atoms with Crippen LogP contribution in [0.1, 0.15) is 38.2 Å². The molecule has 1 atom stereocenters. The summed E-state index contributed by atoms with van der Waals surface area (Å²) in [6.07, 6.45) is 4.99. The number of ether oxygens (including phenoxy) is 2. The van der Waals surface area contributed by atoms with Gasteiger partial charge in [0.05, 0.1) is 6.54 Å². The van der Waals surface area contributed by atoms with Crippen LogP contribution in [-0.4, -0.2) is 38.3 Å². The van der Waals surface area contributed by atoms with E-state index in [0.717, 1.165) is 30.5 Å². The summed E-state index contributed by atoms with van der Waals surface area (Å²) in [7, 11) is 0. The highest BCUT2D eigenvalue weighted by Crippen LogP contribution is 2.43. The van der Waals surface area contributed by atoms with Crippen LogP contribution in [0.25, 0.3) is 0 Å². The third-order valence-electron chi connectivity index (χ3n) is 5.22. The lowest BCUT2D eigenvalue weighted by molar-refractivity contribution is 0.171. The quantitative estimate of drug-likeness (QED) is 0.898. The van der Waals surface area contributed by atoms with Gasteiger partial charge in [0.25, 0.3) is 0 Å². The second-order valence-corrected chi connectivity index (χ2v) is 6.93. The Balaban J connectivity index is 1.55. The number of hydrogen-bond acceptors (Lipinski definition) is 5. The van der Waals surface area contributed by atoms with Crippen molar-refractivity contribution in [3.05, 3.63) is 23.8 Å². The zero-order chi connectivity index (χ0) is 15.7. The van der Waals surface area contributed by atoms with Crippen molar-refractivity contribution < 1.29 is 9.47 Å². The highest BCUT2D eigenvalue weighted by Gasteiger charge is 2.36. The molecular formula is C18H25N3O2. The SMILES string of the molecule is CC1CN=C(NCC2(c3ccc4c(c3)OCCO4)CCCC2)N1. The van der Waals surface area contributed by atoms with Gasteiger partial charge >= 0.3 is 0 Å². The van der Waals surface area contributed by atoms with Gasteiger partial charge in [-0.1, -0.05) is 18.9 Å². The minimum atomic E-state index is 0.172. The van der Waals surface area contributed by atoms with Crippen LogP contribution in [0.15, 0.2) is 23.2 Å². The van der Waals surface area contributed by atoms with Gasteiger partial charge in [0.15, 0.2) is 17.5 Å². The van der Waals surface area contributed by atoms with Crippen molar-refractivity contribution in [2.45, 2.75) is 44.1 Å². The maximum Gasteiger partial charge on any atom is 0.191 e. The first-order chi connectivity index (χ1) is 11.3. The molecule has 23 heavy (non-hydrogen) atoms. The van der Waals surface area contributed by atoms with Gasteiger partial charge in [-0.15, -0.1) is 0 Å². The molecule has 0 bridgehead atoms. The van der Waals surface area contributed by atoms with Crippen molar-refractivity contribution in [1.29, 1.82) is 0 Å². The van der Waals surface area contributed by atoms with Crippen LogP contribution < -0.4 is 20.1 Å². The van der Waals surface area contributed by atoms with Crippen LogP contribution >= 0.6 is 0 Å². The zero-order valence-electron chi connectivity index (χ0n) is 13.7. The van der Waals surface area contributed by atoms with Crippen LogP contribution in [0.2, 0.25) is 0 Å². The second kappa shape index (κ2) is 5.95. The Labute approximate surface area is 137 Å². The Morgan fingerprint density at radius 1 is 1.22 bits per heavy atom. The molecule has 2 N–H and O–H groups in total. The Hall–Kier alpha value is -1.91. The topological polar surface area (TPSA) is 54.9 Å². The first-order valence-corrected chi connectivity index (χ1v) is 8.70. The van der Waals surface area contributed by atoms with E-state index in [1.165, 1.54) is 31.2 Å². The van der Waals surface area contributed by atoms with Crippen molar-refractivity contribution >= 4 is 5.96 Å². The molecule has 3 aliphatic rings. The minimum Gasteiger partial charge on any atom is -0.486 e. The molecule has 5 nitrogen and oxygen atoms in total. The number of rotatable bonds is 3. The maximum absolute atomic E-state index is 5.78. The molecule has 1 fully saturated rings. The van der Waals surface area contributed by atoms with Gasteiger partial charge in [0, 0.05) is 18.0 Å². The average Bonchev–Trinajstić information content (AvgIpc) is 3.22. The van der Waals surface area contributed by atoms with Gasteiger partial charge in [-0.3, -0.25) is 4.99 Å². The fourth-order valence-corrected chi connectivity index (χ4v) is 3.91. The third-order valence-corrected chi connectivity index (χ3v) is 5.22. The summed E-state index contributed by atoms with van der Waals surface area (Å²) in [5.41, 5.74) is 1.53. The fourth-order valence-electron chi connectivity index (χ4n) is 3.91. The predicted molar refractivity (Wildman–Crippen MR) is 90.5 cm³/mol. The third kappa shape index (κ3) is 2.84. The molecule has 124 valence electrons. The van der Waals surface area contributed by atoms with E-state index in [9.17, 15) is 0 Å². The Kier molecular flexibility index (Phi) is 3.79. The molecule has 1 aromatic rings. The second-order valence-electron chi connectivity index (χ2n) is 6.93. The summed E-state index contributed by atoms with van der Waals surface area (Å²) in [6, 6.07) is 6.91. The van der Waals surface area contributed by atoms with Gasteiger partial charge in [0.1, 0.15) is 13.2 Å². The summed E-state index contributed by atoms with van der Waals surface area (Å²) in [4.78, 5) is 4.52. The standard InChI is InChI=1S/C18H25N3O2/c1-13-11-19-17(21-13)20-12-18(6-2-3-7-18)14-4-5-15-16(10-14)23-9-8-22-15/h4-5,10,13H,2-3,6-9,11-12H2,1H3,(H2,19,20,21). The summed E-state index contributed by atoms with van der Waals surface area (Å²) in [5, 5.41) is 6.93. The number of hydrogen-bond donors (Lipinski definition) is 2. The van der Waals surface area contributed by atoms with Gasteiger partial charge in [-0.05, 0) is 37.5 Å². The predicted octanol–water partition coefficient (Wildman–Crippen LogP) is 2.21. The summed E-state index contributed by atoms with van der Waals surface area (Å²) in [6.45, 7) is 5.22. The molecule has 4 rings (SSSR count). The Morgan fingerprint density at radius 3 is 2.74 bits per heavy atom. The summed E-state index contributed by atoms with van der Waals surface area (Å²) < 4.78 is 11.4. The van der Waals surface area contributed by atoms with E-state index >= 15 is 0 Å². The summed E-state index contributed by atoms with van der Waals surface area (Å²) in [5.74, 6) is 2.71. The van der Waals surface area contributed by atoms with E-state index in [1.54, 1.807) is 0 Å². The van der Waals surface area contributed by atoms with Crippen molar-refractivity contribution in [1.82, 2.24) is 10.6 Å². The lowest BCUT2D eigenvalue weighted by atomic mass is 9.78. The van der Waals surface area contributed by atoms with E-state index in [1.807, 2.05) is 0 Å². The molecular weight excluding hydrogens is 290 g/mol. The van der Waals surface area contributed by atoms with E-state index in [-0.39, 0.29) is 5.41 Å². The van der Waals surface area contributed by atoms with E-state index < -0.39 is 0 Å². The van der Waals surface area contributed by atoms with Gasteiger partial charge in [-0.25, -0.2) is 0 Å². The molecule has 1 saturated carbocycles. The number of nitrogens with one attached hydrogen (secondary N) is 2. The van der Waals surface area contributed by atoms with Crippen LogP contribution in [0.3, 0.4) is 0 Å². The molecule has 0 radical (unpaired) electrons. The first kappa shape index (κ1) is 14.7. The molecule has 1 unspecified atom stereocenters. The molecule has 0 amide bonds. The highest BCUT2D eigenvalue weighted by molar-refractivity contribution is 5.81. The van der Waals surface area contributed by atoms with Crippen LogP contribution in [-0.2, 0) is 5.41 Å². The molecule has 0 spiro atoms. The zero-order valence-corrected chi connectivity index (χ0v) is 13.7. The number of nitrogens with zero attached hydrogens (tertiary/aromatic N) is 1. The van der Waals surface area contributed by atoms with E-state index in [4.69, 9.17) is 9.47 Å². The molecule has 2 aliphatic heterocycles. The lowest BCUT2D eigenvalue weighted by Crippen LogP contribution is -2.44. The van der Waals surface area contributed by atoms with Crippen molar-refractivity contribution in [3.8, 4) is 11.5 Å². The van der Waals surface area contributed by atoms with Gasteiger partial charge in [0.2, 0.25) is 0 Å². The van der Waals surface area contributed by atoms with Gasteiger partial charge < -0.3 is 20.1 Å². The number of guanidine groups is 1. The average molecular weight is 315 g/mol. The maximum atomic E-state index is 5.78. The smallest absolute Gasteiger partial charge is 0.191 e. The molecule has 2 heterocycles. The molecule has 5 heteroatoms. The van der Waals surface area contributed by atoms with Crippen molar-refractivity contribution in [2.75, 3.05) is 26.3 Å². The van der Waals surface area contributed by atoms with E-state index in [2.05, 4.69) is 40.7 Å². The van der Waals surface area contributed by atoms with E-state index in [0.29, 0.717) is 19.3 Å². The van der Waals surface area contributed by atoms with Crippen molar-refractivity contribution in [2.24, 2.45) is 4.99 Å².